The van der Waals surface area contributed by atoms with Crippen LogP contribution in [0, 0.1) is 11.6 Å². The largest absolute Gasteiger partial charge is 0.462 e. The monoisotopic (exact) mass is 418 g/mol. The summed E-state index contributed by atoms with van der Waals surface area (Å²) in [5.74, 6) is -3.30. The van der Waals surface area contributed by atoms with Gasteiger partial charge in [0.15, 0.2) is 11.6 Å². The Labute approximate surface area is 176 Å². The Balaban J connectivity index is 1.84. The summed E-state index contributed by atoms with van der Waals surface area (Å²) >= 11 is 0. The molecule has 0 fully saturated rings. The lowest BCUT2D eigenvalue weighted by molar-refractivity contribution is 0.0436. The van der Waals surface area contributed by atoms with Crippen LogP contribution < -0.4 is 0 Å². The lowest BCUT2D eigenvalue weighted by Gasteiger charge is -2.10. The zero-order valence-electron chi connectivity index (χ0n) is 17.3. The minimum atomic E-state index is -1.02. The summed E-state index contributed by atoms with van der Waals surface area (Å²) in [6.45, 7) is 2.23. The van der Waals surface area contributed by atoms with E-state index in [9.17, 15) is 18.4 Å². The van der Waals surface area contributed by atoms with Gasteiger partial charge in [0.05, 0.1) is 17.7 Å². The number of rotatable bonds is 12. The molecule has 2 aromatic rings. The van der Waals surface area contributed by atoms with Gasteiger partial charge in [-0.3, -0.25) is 0 Å². The molecule has 0 bridgehead atoms. The maximum atomic E-state index is 13.3. The van der Waals surface area contributed by atoms with Crippen LogP contribution in [-0.4, -0.2) is 18.5 Å². The smallest absolute Gasteiger partial charge is 0.339 e. The summed E-state index contributed by atoms with van der Waals surface area (Å²) in [7, 11) is 0. The van der Waals surface area contributed by atoms with Crippen LogP contribution in [0.25, 0.3) is 0 Å². The van der Waals surface area contributed by atoms with E-state index in [4.69, 9.17) is 9.47 Å². The number of hydrogen-bond donors (Lipinski definition) is 0. The van der Waals surface area contributed by atoms with Crippen molar-refractivity contribution in [2.45, 2.75) is 58.5 Å². The predicted molar refractivity (Wildman–Crippen MR) is 110 cm³/mol. The summed E-state index contributed by atoms with van der Waals surface area (Å²) in [4.78, 5) is 24.8. The third-order valence-electron chi connectivity index (χ3n) is 4.70. The van der Waals surface area contributed by atoms with Gasteiger partial charge in [-0.2, -0.15) is 0 Å². The minimum Gasteiger partial charge on any atom is -0.462 e. The average molecular weight is 418 g/mol. The summed E-state index contributed by atoms with van der Waals surface area (Å²) in [6.07, 6.45) is 7.77. The van der Waals surface area contributed by atoms with Crippen LogP contribution >= 0.6 is 0 Å². The maximum Gasteiger partial charge on any atom is 0.339 e. The number of esters is 2. The first-order chi connectivity index (χ1) is 14.5. The van der Waals surface area contributed by atoms with E-state index in [1.54, 1.807) is 12.1 Å². The molecule has 30 heavy (non-hydrogen) atoms. The second-order valence-electron chi connectivity index (χ2n) is 7.13. The SMILES string of the molecule is CCCCCCCCCOC(=O)c1ccccc1C(=O)OCc1ccc(F)c(F)c1. The van der Waals surface area contributed by atoms with Crippen molar-refractivity contribution in [1.29, 1.82) is 0 Å². The molecular formula is C24H28F2O4. The topological polar surface area (TPSA) is 52.6 Å². The van der Waals surface area contributed by atoms with Gasteiger partial charge in [-0.05, 0) is 36.2 Å². The maximum absolute atomic E-state index is 13.3. The molecule has 6 heteroatoms. The normalized spacial score (nSPS) is 10.6. The van der Waals surface area contributed by atoms with Gasteiger partial charge in [0.25, 0.3) is 0 Å². The molecule has 2 rings (SSSR count). The van der Waals surface area contributed by atoms with Gasteiger partial charge < -0.3 is 9.47 Å². The van der Waals surface area contributed by atoms with Crippen LogP contribution in [-0.2, 0) is 16.1 Å². The molecule has 0 aliphatic rings. The fourth-order valence-electron chi connectivity index (χ4n) is 3.00. The van der Waals surface area contributed by atoms with E-state index in [2.05, 4.69) is 6.92 Å². The van der Waals surface area contributed by atoms with Crippen molar-refractivity contribution in [3.05, 3.63) is 70.8 Å². The molecule has 0 unspecified atom stereocenters. The number of hydrogen-bond acceptors (Lipinski definition) is 4. The Hall–Kier alpha value is -2.76. The van der Waals surface area contributed by atoms with Crippen LogP contribution in [0.1, 0.15) is 78.1 Å². The zero-order chi connectivity index (χ0) is 21.8. The number of carbonyl (C=O) groups excluding carboxylic acids is 2. The van der Waals surface area contributed by atoms with E-state index in [0.717, 1.165) is 31.4 Å². The van der Waals surface area contributed by atoms with Crippen molar-refractivity contribution in [3.63, 3.8) is 0 Å². The van der Waals surface area contributed by atoms with Crippen LogP contribution in [0.2, 0.25) is 0 Å². The van der Waals surface area contributed by atoms with Crippen molar-refractivity contribution in [2.24, 2.45) is 0 Å². The first-order valence-corrected chi connectivity index (χ1v) is 10.4. The Morgan fingerprint density at radius 2 is 1.37 bits per heavy atom. The lowest BCUT2D eigenvalue weighted by atomic mass is 10.1. The van der Waals surface area contributed by atoms with Crippen LogP contribution in [0.15, 0.2) is 42.5 Å². The molecule has 2 aromatic carbocycles. The number of unbranched alkanes of at least 4 members (excludes halogenated alkanes) is 6. The summed E-state index contributed by atoms with van der Waals surface area (Å²) in [6, 6.07) is 9.48. The molecule has 0 heterocycles. The highest BCUT2D eigenvalue weighted by atomic mass is 19.2. The highest BCUT2D eigenvalue weighted by Crippen LogP contribution is 2.15. The molecule has 0 spiro atoms. The van der Waals surface area contributed by atoms with Gasteiger partial charge in [0.2, 0.25) is 0 Å². The Kier molecular flexibility index (Phi) is 9.98. The molecule has 0 aliphatic carbocycles. The standard InChI is InChI=1S/C24H28F2O4/c1-2-3-4-5-6-7-10-15-29-23(27)19-11-8-9-12-20(19)24(28)30-17-18-13-14-21(25)22(26)16-18/h8-9,11-14,16H,2-7,10,15,17H2,1H3. The van der Waals surface area contributed by atoms with Gasteiger partial charge in [-0.25, -0.2) is 18.4 Å². The van der Waals surface area contributed by atoms with Crippen molar-refractivity contribution in [2.75, 3.05) is 6.61 Å². The molecule has 0 radical (unpaired) electrons. The minimum absolute atomic E-state index is 0.0737. The number of ether oxygens (including phenoxy) is 2. The van der Waals surface area contributed by atoms with E-state index in [0.29, 0.717) is 12.2 Å². The summed E-state index contributed by atoms with van der Waals surface area (Å²) < 4.78 is 36.7. The molecule has 4 nitrogen and oxygen atoms in total. The molecule has 0 aromatic heterocycles. The average Bonchev–Trinajstić information content (AvgIpc) is 2.76. The fraction of sp³-hybridized carbons (Fsp3) is 0.417. The molecule has 0 aliphatic heterocycles. The van der Waals surface area contributed by atoms with E-state index >= 15 is 0 Å². The zero-order valence-corrected chi connectivity index (χ0v) is 17.3. The molecule has 0 N–H and O–H groups in total. The van der Waals surface area contributed by atoms with Crippen molar-refractivity contribution in [3.8, 4) is 0 Å². The number of carbonyl (C=O) groups is 2. The molecule has 0 saturated carbocycles. The third-order valence-corrected chi connectivity index (χ3v) is 4.70. The van der Waals surface area contributed by atoms with Gasteiger partial charge >= 0.3 is 11.9 Å². The Morgan fingerprint density at radius 3 is 2.00 bits per heavy atom. The van der Waals surface area contributed by atoms with Crippen molar-refractivity contribution < 1.29 is 27.8 Å². The molecule has 0 saturated heterocycles. The van der Waals surface area contributed by atoms with Crippen molar-refractivity contribution in [1.82, 2.24) is 0 Å². The predicted octanol–water partition coefficient (Wildman–Crippen LogP) is 6.23. The molecule has 162 valence electrons. The van der Waals surface area contributed by atoms with E-state index in [-0.39, 0.29) is 17.7 Å². The third kappa shape index (κ3) is 7.58. The van der Waals surface area contributed by atoms with E-state index < -0.39 is 23.6 Å². The highest BCUT2D eigenvalue weighted by Gasteiger charge is 2.19. The van der Waals surface area contributed by atoms with Crippen LogP contribution in [0.3, 0.4) is 0 Å². The van der Waals surface area contributed by atoms with Crippen LogP contribution in [0.4, 0.5) is 8.78 Å². The molecule has 0 amide bonds. The van der Waals surface area contributed by atoms with Gasteiger partial charge in [-0.15, -0.1) is 0 Å². The second-order valence-corrected chi connectivity index (χ2v) is 7.13. The quantitative estimate of drug-likeness (QED) is 0.303. The van der Waals surface area contributed by atoms with E-state index in [1.807, 2.05) is 0 Å². The van der Waals surface area contributed by atoms with Gasteiger partial charge in [0, 0.05) is 0 Å². The first kappa shape index (κ1) is 23.5. The second kappa shape index (κ2) is 12.7. The number of halogens is 2. The summed E-state index contributed by atoms with van der Waals surface area (Å²) in [5, 5.41) is 0. The van der Waals surface area contributed by atoms with E-state index in [1.165, 1.54) is 43.9 Å². The molecule has 0 atom stereocenters. The van der Waals surface area contributed by atoms with Gasteiger partial charge in [-0.1, -0.05) is 63.6 Å². The molecular weight excluding hydrogens is 390 g/mol. The summed E-state index contributed by atoms with van der Waals surface area (Å²) in [5.41, 5.74) is 0.502. The number of benzene rings is 2. The highest BCUT2D eigenvalue weighted by molar-refractivity contribution is 6.03. The first-order valence-electron chi connectivity index (χ1n) is 10.4. The fourth-order valence-corrected chi connectivity index (χ4v) is 3.00. The Morgan fingerprint density at radius 1 is 0.767 bits per heavy atom. The Bertz CT molecular complexity index is 836. The van der Waals surface area contributed by atoms with Crippen molar-refractivity contribution >= 4 is 11.9 Å². The van der Waals surface area contributed by atoms with Gasteiger partial charge in [0.1, 0.15) is 6.61 Å². The van der Waals surface area contributed by atoms with Crippen LogP contribution in [0.5, 0.6) is 0 Å². The lowest BCUT2D eigenvalue weighted by Crippen LogP contribution is -2.14.